The third kappa shape index (κ3) is 3.67. The zero-order valence-electron chi connectivity index (χ0n) is 23.5. The van der Waals surface area contributed by atoms with Crippen molar-refractivity contribution in [3.05, 3.63) is 148 Å². The first-order chi connectivity index (χ1) is 21.5. The highest BCUT2D eigenvalue weighted by Gasteiger charge is 2.68. The van der Waals surface area contributed by atoms with Gasteiger partial charge < -0.3 is 0 Å². The number of para-hydroxylation sites is 1. The van der Waals surface area contributed by atoms with E-state index in [0.29, 0.717) is 10.7 Å². The normalized spacial score (nSPS) is 23.1. The fraction of sp³-hybridized carbons (Fsp3) is 0.135. The highest BCUT2D eigenvalue weighted by Crippen LogP contribution is 2.63. The van der Waals surface area contributed by atoms with Crippen molar-refractivity contribution in [2.45, 2.75) is 17.8 Å². The highest BCUT2D eigenvalue weighted by atomic mass is 35.5. The third-order valence-corrected chi connectivity index (χ3v) is 9.79. The van der Waals surface area contributed by atoms with Crippen LogP contribution in [0.1, 0.15) is 33.7 Å². The molecule has 1 heterocycles. The predicted octanol–water partition coefficient (Wildman–Crippen LogP) is 6.39. The Hall–Kier alpha value is -5.07. The van der Waals surface area contributed by atoms with Crippen molar-refractivity contribution in [1.29, 1.82) is 0 Å². The minimum absolute atomic E-state index is 0.144. The average Bonchev–Trinajstić information content (AvgIpc) is 3.32. The molecule has 1 aliphatic heterocycles. The van der Waals surface area contributed by atoms with Crippen LogP contribution >= 0.6 is 11.6 Å². The zero-order valence-corrected chi connectivity index (χ0v) is 24.2. The number of halogens is 1. The summed E-state index contributed by atoms with van der Waals surface area (Å²) in [5.74, 6) is -2.59. The molecule has 1 N–H and O–H groups in total. The highest BCUT2D eigenvalue weighted by molar-refractivity contribution is 6.36. The number of nitrogens with one attached hydrogen (secondary N) is 1. The topological polar surface area (TPSA) is 78.8 Å². The molecule has 44 heavy (non-hydrogen) atoms. The summed E-state index contributed by atoms with van der Waals surface area (Å²) < 4.78 is 0. The van der Waals surface area contributed by atoms with Crippen LogP contribution in [0.15, 0.2) is 120 Å². The molecule has 1 saturated heterocycles. The van der Waals surface area contributed by atoms with Gasteiger partial charge in [0.25, 0.3) is 0 Å². The van der Waals surface area contributed by atoms with E-state index in [1.165, 1.54) is 4.90 Å². The molecule has 0 spiro atoms. The van der Waals surface area contributed by atoms with Gasteiger partial charge in [-0.15, -0.1) is 0 Å². The summed E-state index contributed by atoms with van der Waals surface area (Å²) in [4.78, 5) is 43.3. The van der Waals surface area contributed by atoms with Gasteiger partial charge in [-0.3, -0.25) is 14.4 Å². The fourth-order valence-corrected chi connectivity index (χ4v) is 8.01. The average molecular weight is 596 g/mol. The van der Waals surface area contributed by atoms with Gasteiger partial charge in [0.1, 0.15) is 0 Å². The van der Waals surface area contributed by atoms with E-state index < -0.39 is 17.3 Å². The minimum Gasteiger partial charge on any atom is -0.274 e. The monoisotopic (exact) mass is 595 g/mol. The van der Waals surface area contributed by atoms with E-state index in [1.54, 1.807) is 30.5 Å². The van der Waals surface area contributed by atoms with Gasteiger partial charge in [-0.05, 0) is 50.7 Å². The van der Waals surface area contributed by atoms with Gasteiger partial charge in [-0.2, -0.15) is 5.10 Å². The first-order valence-corrected chi connectivity index (χ1v) is 15.0. The van der Waals surface area contributed by atoms with Crippen LogP contribution in [0, 0.1) is 11.8 Å². The molecular formula is C37H26ClN3O3. The van der Waals surface area contributed by atoms with E-state index in [4.69, 9.17) is 11.6 Å². The SMILES string of the molecule is O=C(Cc1cccc2ccccc12)N/N=C\C12c3ccccc3C(c3ccccc31)[C@@H]1C(=O)N(c3ccccc3Cl)C(=O)[C@H]12. The van der Waals surface area contributed by atoms with Gasteiger partial charge in [-0.1, -0.05) is 115 Å². The van der Waals surface area contributed by atoms with Crippen LogP contribution in [0.25, 0.3) is 10.8 Å². The largest absolute Gasteiger partial charge is 0.274 e. The summed E-state index contributed by atoms with van der Waals surface area (Å²) in [6.07, 6.45) is 1.82. The number of hydrogen-bond donors (Lipinski definition) is 1. The number of hydrogen-bond acceptors (Lipinski definition) is 4. The second kappa shape index (κ2) is 10.00. The smallest absolute Gasteiger partial charge is 0.244 e. The van der Waals surface area contributed by atoms with E-state index in [9.17, 15) is 14.4 Å². The molecule has 0 unspecified atom stereocenters. The van der Waals surface area contributed by atoms with Gasteiger partial charge in [0.2, 0.25) is 17.7 Å². The van der Waals surface area contributed by atoms with Gasteiger partial charge in [-0.25, -0.2) is 10.3 Å². The minimum atomic E-state index is -1.08. The molecule has 6 nitrogen and oxygen atoms in total. The lowest BCUT2D eigenvalue weighted by Crippen LogP contribution is -2.54. The summed E-state index contributed by atoms with van der Waals surface area (Å²) in [5, 5.41) is 6.94. The van der Waals surface area contributed by atoms with Gasteiger partial charge in [0.05, 0.1) is 34.4 Å². The Bertz CT molecular complexity index is 2000. The quantitative estimate of drug-likeness (QED) is 0.145. The second-order valence-corrected chi connectivity index (χ2v) is 12.0. The van der Waals surface area contributed by atoms with Crippen LogP contribution in [-0.4, -0.2) is 23.9 Å². The summed E-state index contributed by atoms with van der Waals surface area (Å²) in [5.41, 5.74) is 6.74. The Morgan fingerprint density at radius 3 is 2.18 bits per heavy atom. The lowest BCUT2D eigenvalue weighted by molar-refractivity contribution is -0.123. The summed E-state index contributed by atoms with van der Waals surface area (Å²) in [6.45, 7) is 0. The predicted molar refractivity (Wildman–Crippen MR) is 171 cm³/mol. The van der Waals surface area contributed by atoms with E-state index >= 15 is 0 Å². The van der Waals surface area contributed by atoms with Crippen LogP contribution in [0.2, 0.25) is 5.02 Å². The summed E-state index contributed by atoms with van der Waals surface area (Å²) in [7, 11) is 0. The van der Waals surface area contributed by atoms with Crippen molar-refractivity contribution in [2.75, 3.05) is 4.90 Å². The van der Waals surface area contributed by atoms with Crippen LogP contribution in [0.3, 0.4) is 0 Å². The Kier molecular flexibility index (Phi) is 6.03. The van der Waals surface area contributed by atoms with Crippen molar-refractivity contribution in [3.8, 4) is 0 Å². The molecule has 9 rings (SSSR count). The van der Waals surface area contributed by atoms with E-state index in [-0.39, 0.29) is 30.1 Å². The maximum Gasteiger partial charge on any atom is 0.244 e. The van der Waals surface area contributed by atoms with Gasteiger partial charge in [0.15, 0.2) is 0 Å². The Labute approximate surface area is 259 Å². The Morgan fingerprint density at radius 2 is 1.43 bits per heavy atom. The zero-order chi connectivity index (χ0) is 30.0. The van der Waals surface area contributed by atoms with Crippen molar-refractivity contribution >= 4 is 52.0 Å². The number of imide groups is 1. The number of anilines is 1. The van der Waals surface area contributed by atoms with E-state index in [1.807, 2.05) is 91.0 Å². The molecule has 2 atom stereocenters. The molecule has 0 aromatic heterocycles. The number of fused-ring (bicyclic) bond motifs is 1. The molecule has 3 aliphatic carbocycles. The maximum atomic E-state index is 14.5. The van der Waals surface area contributed by atoms with E-state index in [0.717, 1.165) is 38.6 Å². The van der Waals surface area contributed by atoms with Crippen molar-refractivity contribution < 1.29 is 14.4 Å². The molecule has 1 fully saturated rings. The number of benzene rings is 5. The summed E-state index contributed by atoms with van der Waals surface area (Å²) in [6, 6.07) is 36.7. The lowest BCUT2D eigenvalue weighted by Gasteiger charge is -2.52. The summed E-state index contributed by atoms with van der Waals surface area (Å²) >= 11 is 6.54. The Morgan fingerprint density at radius 1 is 0.795 bits per heavy atom. The number of rotatable bonds is 5. The van der Waals surface area contributed by atoms with Crippen LogP contribution < -0.4 is 10.3 Å². The van der Waals surface area contributed by atoms with Crippen molar-refractivity contribution in [3.63, 3.8) is 0 Å². The molecule has 0 saturated carbocycles. The first kappa shape index (κ1) is 26.5. The molecule has 3 amide bonds. The maximum absolute atomic E-state index is 14.5. The molecule has 5 aromatic carbocycles. The van der Waals surface area contributed by atoms with Crippen molar-refractivity contribution in [1.82, 2.24) is 5.43 Å². The number of hydrazone groups is 1. The third-order valence-electron chi connectivity index (χ3n) is 9.47. The number of carbonyl (C=O) groups is 3. The standard InChI is InChI=1S/C37H26ClN3O3/c38-29-18-7-8-19-30(29)41-35(43)33-32-25-14-3-5-16-27(25)37(34(33)36(41)44,28-17-6-4-15-26(28)32)21-39-40-31(42)20-23-12-9-11-22-10-1-2-13-24(22)23/h1-19,21,32-34H,20H2,(H,40,42)/b39-21-/t32?,33-,34-,37?/m0/s1. The van der Waals surface area contributed by atoms with Crippen LogP contribution in [0.4, 0.5) is 5.69 Å². The van der Waals surface area contributed by atoms with Crippen molar-refractivity contribution in [2.24, 2.45) is 16.9 Å². The lowest BCUT2D eigenvalue weighted by atomic mass is 9.47. The Balaban J connectivity index is 1.23. The molecular weight excluding hydrogens is 570 g/mol. The number of amides is 3. The van der Waals surface area contributed by atoms with Crippen LogP contribution in [-0.2, 0) is 26.2 Å². The number of carbonyl (C=O) groups excluding carboxylic acids is 3. The number of nitrogens with zero attached hydrogens (tertiary/aromatic N) is 2. The molecule has 2 bridgehead atoms. The molecule has 7 heteroatoms. The van der Waals surface area contributed by atoms with Gasteiger partial charge >= 0.3 is 0 Å². The molecule has 4 aliphatic rings. The molecule has 0 radical (unpaired) electrons. The van der Waals surface area contributed by atoms with Crippen LogP contribution in [0.5, 0.6) is 0 Å². The second-order valence-electron chi connectivity index (χ2n) is 11.6. The first-order valence-electron chi connectivity index (χ1n) is 14.6. The van der Waals surface area contributed by atoms with Gasteiger partial charge in [0, 0.05) is 12.1 Å². The fourth-order valence-electron chi connectivity index (χ4n) is 7.79. The van der Waals surface area contributed by atoms with E-state index in [2.05, 4.69) is 10.5 Å². The molecule has 214 valence electrons. The molecule has 5 aromatic rings.